The van der Waals surface area contributed by atoms with Crippen molar-refractivity contribution in [1.29, 1.82) is 0 Å². The van der Waals surface area contributed by atoms with E-state index in [1.165, 1.54) is 6.07 Å². The summed E-state index contributed by atoms with van der Waals surface area (Å²) >= 11 is 12.2. The van der Waals surface area contributed by atoms with Crippen molar-refractivity contribution < 1.29 is 9.90 Å². The molecule has 2 N–H and O–H groups in total. The van der Waals surface area contributed by atoms with Crippen molar-refractivity contribution in [2.45, 2.75) is 6.92 Å². The molecule has 0 aliphatic carbocycles. The van der Waals surface area contributed by atoms with Gasteiger partial charge in [0.1, 0.15) is 0 Å². The van der Waals surface area contributed by atoms with E-state index in [0.29, 0.717) is 21.4 Å². The number of carboxylic acids is 1. The third-order valence-corrected chi connectivity index (χ3v) is 3.40. The van der Waals surface area contributed by atoms with Crippen LogP contribution in [0.1, 0.15) is 15.9 Å². The van der Waals surface area contributed by atoms with E-state index < -0.39 is 5.97 Å². The molecule has 0 saturated heterocycles. The van der Waals surface area contributed by atoms with Gasteiger partial charge in [0.2, 0.25) is 0 Å². The van der Waals surface area contributed by atoms with Gasteiger partial charge in [-0.15, -0.1) is 0 Å². The normalized spacial score (nSPS) is 10.3. The predicted molar refractivity (Wildman–Crippen MR) is 77.9 cm³/mol. The van der Waals surface area contributed by atoms with Gasteiger partial charge in [0.25, 0.3) is 0 Å². The monoisotopic (exact) mass is 295 g/mol. The summed E-state index contributed by atoms with van der Waals surface area (Å²) < 4.78 is 0. The first kappa shape index (κ1) is 13.7. The summed E-state index contributed by atoms with van der Waals surface area (Å²) in [5, 5.41) is 13.2. The zero-order valence-electron chi connectivity index (χ0n) is 10.1. The zero-order valence-corrected chi connectivity index (χ0v) is 11.6. The van der Waals surface area contributed by atoms with Gasteiger partial charge in [0.15, 0.2) is 0 Å². The van der Waals surface area contributed by atoms with Crippen molar-refractivity contribution in [2.75, 3.05) is 5.32 Å². The van der Waals surface area contributed by atoms with Crippen molar-refractivity contribution in [3.8, 4) is 0 Å². The van der Waals surface area contributed by atoms with Gasteiger partial charge in [0, 0.05) is 5.02 Å². The Balaban J connectivity index is 2.42. The fourth-order valence-electron chi connectivity index (χ4n) is 1.67. The second kappa shape index (κ2) is 5.51. The minimum absolute atomic E-state index is 0.176. The van der Waals surface area contributed by atoms with Crippen molar-refractivity contribution in [3.05, 3.63) is 57.6 Å². The molecule has 0 aromatic heterocycles. The Hall–Kier alpha value is -1.71. The van der Waals surface area contributed by atoms with Crippen molar-refractivity contribution in [2.24, 2.45) is 0 Å². The molecule has 98 valence electrons. The third kappa shape index (κ3) is 3.00. The van der Waals surface area contributed by atoms with E-state index >= 15 is 0 Å². The molecule has 2 aromatic carbocycles. The van der Waals surface area contributed by atoms with Crippen LogP contribution in [0, 0.1) is 6.92 Å². The van der Waals surface area contributed by atoms with Gasteiger partial charge in [-0.3, -0.25) is 0 Å². The van der Waals surface area contributed by atoms with E-state index in [2.05, 4.69) is 5.32 Å². The Kier molecular flexibility index (Phi) is 3.98. The first-order valence-corrected chi connectivity index (χ1v) is 6.29. The zero-order chi connectivity index (χ0) is 14.0. The quantitative estimate of drug-likeness (QED) is 0.859. The van der Waals surface area contributed by atoms with Crippen LogP contribution in [-0.2, 0) is 0 Å². The van der Waals surface area contributed by atoms with Gasteiger partial charge >= 0.3 is 5.97 Å². The highest BCUT2D eigenvalue weighted by molar-refractivity contribution is 6.35. The first-order valence-electron chi connectivity index (χ1n) is 5.54. The lowest BCUT2D eigenvalue weighted by molar-refractivity contribution is 0.0698. The summed E-state index contributed by atoms with van der Waals surface area (Å²) in [4.78, 5) is 11.1. The topological polar surface area (TPSA) is 49.3 Å². The molecule has 2 rings (SSSR count). The summed E-state index contributed by atoms with van der Waals surface area (Å²) in [7, 11) is 0. The predicted octanol–water partition coefficient (Wildman–Crippen LogP) is 4.74. The average molecular weight is 296 g/mol. The smallest absolute Gasteiger partial charge is 0.337 e. The van der Waals surface area contributed by atoms with Gasteiger partial charge in [0.05, 0.1) is 22.0 Å². The van der Waals surface area contributed by atoms with Crippen LogP contribution < -0.4 is 5.32 Å². The van der Waals surface area contributed by atoms with Crippen LogP contribution >= 0.6 is 23.2 Å². The number of carbonyl (C=O) groups is 1. The molecular weight excluding hydrogens is 285 g/mol. The van der Waals surface area contributed by atoms with Crippen LogP contribution in [0.25, 0.3) is 0 Å². The number of halogens is 2. The molecule has 0 radical (unpaired) electrons. The minimum atomic E-state index is -1.00. The molecule has 0 bridgehead atoms. The highest BCUT2D eigenvalue weighted by atomic mass is 35.5. The largest absolute Gasteiger partial charge is 0.478 e. The number of para-hydroxylation sites is 1. The third-order valence-electron chi connectivity index (χ3n) is 2.68. The van der Waals surface area contributed by atoms with Gasteiger partial charge in [-0.25, -0.2) is 4.79 Å². The molecule has 0 fully saturated rings. The molecule has 0 heterocycles. The number of carboxylic acid groups (broad SMARTS) is 1. The van der Waals surface area contributed by atoms with Crippen LogP contribution in [0.4, 0.5) is 11.4 Å². The Morgan fingerprint density at radius 3 is 2.47 bits per heavy atom. The van der Waals surface area contributed by atoms with E-state index in [-0.39, 0.29) is 5.56 Å². The van der Waals surface area contributed by atoms with E-state index in [4.69, 9.17) is 28.3 Å². The number of hydrogen-bond donors (Lipinski definition) is 2. The average Bonchev–Trinajstić information content (AvgIpc) is 2.36. The van der Waals surface area contributed by atoms with Gasteiger partial charge in [-0.1, -0.05) is 35.3 Å². The molecule has 0 aliphatic rings. The Morgan fingerprint density at radius 2 is 1.79 bits per heavy atom. The van der Waals surface area contributed by atoms with Crippen LogP contribution in [0.5, 0.6) is 0 Å². The molecule has 0 unspecified atom stereocenters. The first-order chi connectivity index (χ1) is 8.99. The molecule has 2 aromatic rings. The molecule has 0 atom stereocenters. The molecule has 0 saturated carbocycles. The van der Waals surface area contributed by atoms with Crippen LogP contribution in [-0.4, -0.2) is 11.1 Å². The number of aromatic carboxylic acids is 1. The minimum Gasteiger partial charge on any atom is -0.478 e. The van der Waals surface area contributed by atoms with Crippen LogP contribution in [0.2, 0.25) is 10.0 Å². The fraction of sp³-hybridized carbons (Fsp3) is 0.0714. The number of anilines is 2. The van der Waals surface area contributed by atoms with Gasteiger partial charge < -0.3 is 10.4 Å². The van der Waals surface area contributed by atoms with E-state index in [0.717, 1.165) is 5.56 Å². The maximum atomic E-state index is 11.1. The van der Waals surface area contributed by atoms with Crippen LogP contribution in [0.3, 0.4) is 0 Å². The highest BCUT2D eigenvalue weighted by Gasteiger charge is 2.11. The Morgan fingerprint density at radius 1 is 1.11 bits per heavy atom. The molecule has 19 heavy (non-hydrogen) atoms. The van der Waals surface area contributed by atoms with E-state index in [1.54, 1.807) is 30.3 Å². The lowest BCUT2D eigenvalue weighted by Gasteiger charge is -2.12. The molecule has 3 nitrogen and oxygen atoms in total. The Labute approximate surface area is 120 Å². The second-order valence-electron chi connectivity index (χ2n) is 4.06. The van der Waals surface area contributed by atoms with Crippen molar-refractivity contribution in [1.82, 2.24) is 0 Å². The summed E-state index contributed by atoms with van der Waals surface area (Å²) in [6.45, 7) is 1.85. The molecule has 0 aliphatic heterocycles. The summed E-state index contributed by atoms with van der Waals surface area (Å²) in [5.41, 5.74) is 2.08. The summed E-state index contributed by atoms with van der Waals surface area (Å²) in [5.74, 6) is -1.00. The van der Waals surface area contributed by atoms with Gasteiger partial charge in [-0.05, 0) is 36.8 Å². The lowest BCUT2D eigenvalue weighted by atomic mass is 10.1. The van der Waals surface area contributed by atoms with Gasteiger partial charge in [-0.2, -0.15) is 0 Å². The summed E-state index contributed by atoms with van der Waals surface area (Å²) in [6, 6.07) is 10.0. The number of benzene rings is 2. The fourth-order valence-corrected chi connectivity index (χ4v) is 2.09. The van der Waals surface area contributed by atoms with E-state index in [1.807, 2.05) is 6.92 Å². The van der Waals surface area contributed by atoms with Crippen molar-refractivity contribution >= 4 is 40.5 Å². The molecule has 5 heteroatoms. The van der Waals surface area contributed by atoms with E-state index in [9.17, 15) is 4.79 Å². The molecule has 0 amide bonds. The SMILES string of the molecule is Cc1cc(Cl)c(Nc2ccccc2C(=O)O)cc1Cl. The lowest BCUT2D eigenvalue weighted by Crippen LogP contribution is -2.02. The van der Waals surface area contributed by atoms with Crippen LogP contribution in [0.15, 0.2) is 36.4 Å². The summed E-state index contributed by atoms with van der Waals surface area (Å²) in [6.07, 6.45) is 0. The Bertz CT molecular complexity index is 641. The number of rotatable bonds is 3. The molecular formula is C14H11Cl2NO2. The highest BCUT2D eigenvalue weighted by Crippen LogP contribution is 2.32. The standard InChI is InChI=1S/C14H11Cl2NO2/c1-8-6-11(16)13(7-10(8)15)17-12-5-3-2-4-9(12)14(18)19/h2-7,17H,1H3,(H,18,19). The second-order valence-corrected chi connectivity index (χ2v) is 4.87. The number of nitrogens with one attached hydrogen (secondary N) is 1. The maximum Gasteiger partial charge on any atom is 0.337 e. The number of aryl methyl sites for hydroxylation is 1. The molecule has 0 spiro atoms. The maximum absolute atomic E-state index is 11.1. The van der Waals surface area contributed by atoms with Crippen molar-refractivity contribution in [3.63, 3.8) is 0 Å². The number of hydrogen-bond acceptors (Lipinski definition) is 2.